The predicted molar refractivity (Wildman–Crippen MR) is 98.8 cm³/mol. The highest BCUT2D eigenvalue weighted by molar-refractivity contribution is 6.09. The Hall–Kier alpha value is -3.36. The third-order valence-corrected chi connectivity index (χ3v) is 4.26. The molecule has 2 rings (SSSR count). The van der Waals surface area contributed by atoms with Gasteiger partial charge < -0.3 is 9.47 Å². The smallest absolute Gasteiger partial charge is 0.336 e. The summed E-state index contributed by atoms with van der Waals surface area (Å²) in [5, 5.41) is 11.6. The predicted octanol–water partition coefficient (Wildman–Crippen LogP) is 2.35. The zero-order valence-electron chi connectivity index (χ0n) is 15.9. The Morgan fingerprint density at radius 3 is 2.46 bits per heavy atom. The van der Waals surface area contributed by atoms with Crippen molar-refractivity contribution in [2.45, 2.75) is 32.8 Å². The fraction of sp³-hybridized carbons (Fsp3) is 0.368. The first-order valence-electron chi connectivity index (χ1n) is 8.49. The monoisotopic (exact) mass is 388 g/mol. The molecule has 1 aromatic rings. The summed E-state index contributed by atoms with van der Waals surface area (Å²) in [6, 6.07) is 5.71. The molecule has 0 fully saturated rings. The van der Waals surface area contributed by atoms with Crippen LogP contribution in [0.25, 0.3) is 0 Å². The normalized spacial score (nSPS) is 19.1. The molecule has 0 spiro atoms. The second kappa shape index (κ2) is 8.55. The van der Waals surface area contributed by atoms with E-state index in [1.54, 1.807) is 19.9 Å². The summed E-state index contributed by atoms with van der Waals surface area (Å²) in [5.74, 6) is -3.88. The summed E-state index contributed by atoms with van der Waals surface area (Å²) in [7, 11) is 1.11. The van der Waals surface area contributed by atoms with Crippen LogP contribution in [0.4, 0.5) is 5.69 Å². The molecule has 0 bridgehead atoms. The van der Waals surface area contributed by atoms with E-state index >= 15 is 0 Å². The van der Waals surface area contributed by atoms with Crippen molar-refractivity contribution in [3.63, 3.8) is 0 Å². The van der Waals surface area contributed by atoms with Gasteiger partial charge in [0.25, 0.3) is 5.69 Å². The summed E-state index contributed by atoms with van der Waals surface area (Å²) < 4.78 is 10.1. The highest BCUT2D eigenvalue weighted by Gasteiger charge is 2.45. The molecule has 2 unspecified atom stereocenters. The van der Waals surface area contributed by atoms with Crippen LogP contribution in [-0.2, 0) is 23.9 Å². The largest absolute Gasteiger partial charge is 0.466 e. The maximum Gasteiger partial charge on any atom is 0.336 e. The number of ether oxygens (including phenoxy) is 2. The van der Waals surface area contributed by atoms with Gasteiger partial charge in [-0.25, -0.2) is 4.79 Å². The van der Waals surface area contributed by atoms with Gasteiger partial charge in [-0.3, -0.25) is 24.7 Å². The fourth-order valence-corrected chi connectivity index (χ4v) is 3.18. The molecule has 148 valence electrons. The molecular weight excluding hydrogens is 368 g/mol. The van der Waals surface area contributed by atoms with E-state index in [-0.39, 0.29) is 28.2 Å². The van der Waals surface area contributed by atoms with E-state index in [4.69, 9.17) is 9.47 Å². The lowest BCUT2D eigenvalue weighted by atomic mass is 9.75. The van der Waals surface area contributed by atoms with Gasteiger partial charge in [0, 0.05) is 23.3 Å². The van der Waals surface area contributed by atoms with Gasteiger partial charge in [-0.1, -0.05) is 18.2 Å². The number of aliphatic imine (C=N–C) groups is 1. The van der Waals surface area contributed by atoms with Gasteiger partial charge in [-0.05, 0) is 20.8 Å². The van der Waals surface area contributed by atoms with E-state index in [1.807, 2.05) is 0 Å². The number of nitro benzene ring substituents is 1. The highest BCUT2D eigenvalue weighted by Crippen LogP contribution is 2.43. The number of carbonyl (C=O) groups is 3. The number of allylic oxidation sites excluding steroid dienone is 1. The van der Waals surface area contributed by atoms with Crippen LogP contribution in [0.15, 0.2) is 40.5 Å². The van der Waals surface area contributed by atoms with Crippen molar-refractivity contribution < 1.29 is 28.8 Å². The van der Waals surface area contributed by atoms with Crippen molar-refractivity contribution in [3.05, 3.63) is 51.2 Å². The maximum atomic E-state index is 12.8. The molecule has 9 nitrogen and oxygen atoms in total. The Kier molecular flexibility index (Phi) is 6.40. The molecule has 0 radical (unpaired) electrons. The first-order chi connectivity index (χ1) is 13.2. The molecule has 0 saturated heterocycles. The summed E-state index contributed by atoms with van der Waals surface area (Å²) in [6.07, 6.45) is -0.0913. The van der Waals surface area contributed by atoms with Crippen LogP contribution in [0.3, 0.4) is 0 Å². The third kappa shape index (κ3) is 3.98. The van der Waals surface area contributed by atoms with Crippen LogP contribution in [0.1, 0.15) is 32.3 Å². The van der Waals surface area contributed by atoms with Crippen molar-refractivity contribution >= 4 is 29.6 Å². The van der Waals surface area contributed by atoms with Gasteiger partial charge in [-0.15, -0.1) is 0 Å². The standard InChI is InChI=1S/C19H20N2O7/c1-10(2)28-19(24)15-11(3)20-13(9-22)17(18(23)27-4)16(15)12-7-5-6-8-14(12)21(25)26/h5-10,15-16H,1-4H3. The molecule has 0 aliphatic carbocycles. The average Bonchev–Trinajstić information content (AvgIpc) is 2.65. The quantitative estimate of drug-likeness (QED) is 0.317. The zero-order valence-corrected chi connectivity index (χ0v) is 15.9. The molecule has 1 aromatic carbocycles. The van der Waals surface area contributed by atoms with Gasteiger partial charge in [0.05, 0.1) is 23.7 Å². The van der Waals surface area contributed by atoms with Gasteiger partial charge in [0.1, 0.15) is 11.6 Å². The number of methoxy groups -OCH3 is 1. The van der Waals surface area contributed by atoms with E-state index in [9.17, 15) is 24.5 Å². The molecule has 0 N–H and O–H groups in total. The van der Waals surface area contributed by atoms with Crippen molar-refractivity contribution in [1.29, 1.82) is 0 Å². The van der Waals surface area contributed by atoms with E-state index in [0.29, 0.717) is 6.29 Å². The molecular formula is C19H20N2O7. The lowest BCUT2D eigenvalue weighted by Gasteiger charge is -2.31. The molecule has 0 aromatic heterocycles. The average molecular weight is 388 g/mol. The van der Waals surface area contributed by atoms with Crippen molar-refractivity contribution in [3.8, 4) is 0 Å². The molecule has 0 saturated carbocycles. The molecule has 2 atom stereocenters. The fourth-order valence-electron chi connectivity index (χ4n) is 3.18. The summed E-state index contributed by atoms with van der Waals surface area (Å²) >= 11 is 0. The summed E-state index contributed by atoms with van der Waals surface area (Å²) in [5.41, 5.74) is -0.448. The number of esters is 2. The van der Waals surface area contributed by atoms with E-state index < -0.39 is 34.8 Å². The van der Waals surface area contributed by atoms with Crippen LogP contribution in [0.5, 0.6) is 0 Å². The van der Waals surface area contributed by atoms with Crippen LogP contribution in [0, 0.1) is 16.0 Å². The first kappa shape index (κ1) is 20.9. The Bertz CT molecular complexity index is 886. The summed E-state index contributed by atoms with van der Waals surface area (Å²) in [6.45, 7) is 4.81. The number of aldehydes is 1. The molecule has 0 amide bonds. The van der Waals surface area contributed by atoms with E-state index in [2.05, 4.69) is 4.99 Å². The molecule has 1 heterocycles. The Morgan fingerprint density at radius 1 is 1.29 bits per heavy atom. The Balaban J connectivity index is 2.80. The van der Waals surface area contributed by atoms with Crippen molar-refractivity contribution in [1.82, 2.24) is 0 Å². The lowest BCUT2D eigenvalue weighted by Crippen LogP contribution is -2.38. The van der Waals surface area contributed by atoms with Crippen molar-refractivity contribution in [2.75, 3.05) is 7.11 Å². The number of hydrogen-bond acceptors (Lipinski definition) is 8. The number of nitrogens with zero attached hydrogens (tertiary/aromatic N) is 2. The van der Waals surface area contributed by atoms with E-state index in [1.165, 1.54) is 25.1 Å². The minimum absolute atomic E-state index is 0.0900. The first-order valence-corrected chi connectivity index (χ1v) is 8.49. The second-order valence-corrected chi connectivity index (χ2v) is 6.42. The number of carbonyl (C=O) groups excluding carboxylic acids is 3. The van der Waals surface area contributed by atoms with Crippen LogP contribution >= 0.6 is 0 Å². The molecule has 28 heavy (non-hydrogen) atoms. The number of hydrogen-bond donors (Lipinski definition) is 0. The molecule has 9 heteroatoms. The number of nitro groups is 1. The van der Waals surface area contributed by atoms with Gasteiger partial charge in [0.15, 0.2) is 6.29 Å². The Labute approximate surface area is 161 Å². The lowest BCUT2D eigenvalue weighted by molar-refractivity contribution is -0.385. The second-order valence-electron chi connectivity index (χ2n) is 6.42. The minimum Gasteiger partial charge on any atom is -0.466 e. The van der Waals surface area contributed by atoms with Gasteiger partial charge in [-0.2, -0.15) is 0 Å². The highest BCUT2D eigenvalue weighted by atomic mass is 16.6. The minimum atomic E-state index is -1.15. The van der Waals surface area contributed by atoms with Crippen LogP contribution in [-0.4, -0.2) is 42.1 Å². The number of benzene rings is 1. The summed E-state index contributed by atoms with van der Waals surface area (Å²) in [4.78, 5) is 51.8. The maximum absolute atomic E-state index is 12.8. The van der Waals surface area contributed by atoms with Gasteiger partial charge >= 0.3 is 11.9 Å². The number of para-hydroxylation sites is 1. The number of rotatable bonds is 6. The van der Waals surface area contributed by atoms with Crippen LogP contribution in [0.2, 0.25) is 0 Å². The van der Waals surface area contributed by atoms with Crippen molar-refractivity contribution in [2.24, 2.45) is 10.9 Å². The topological polar surface area (TPSA) is 125 Å². The Morgan fingerprint density at radius 2 is 1.93 bits per heavy atom. The molecule has 1 aliphatic heterocycles. The zero-order chi connectivity index (χ0) is 21.0. The third-order valence-electron chi connectivity index (χ3n) is 4.26. The van der Waals surface area contributed by atoms with Gasteiger partial charge in [0.2, 0.25) is 0 Å². The SMILES string of the molecule is COC(=O)C1=C(C=O)N=C(C)C(C(=O)OC(C)C)C1c1ccccc1[N+](=O)[O-]. The van der Waals surface area contributed by atoms with Crippen LogP contribution < -0.4 is 0 Å². The molecule has 1 aliphatic rings. The van der Waals surface area contributed by atoms with E-state index in [0.717, 1.165) is 7.11 Å².